The van der Waals surface area contributed by atoms with Crippen LogP contribution < -0.4 is 16.4 Å². The molecule has 1 unspecified atom stereocenters. The maximum Gasteiger partial charge on any atom is 0.244 e. The van der Waals surface area contributed by atoms with E-state index in [1.165, 1.54) is 44.6 Å². The van der Waals surface area contributed by atoms with Gasteiger partial charge in [-0.2, -0.15) is 0 Å². The molecule has 1 atom stereocenters. The second-order valence-electron chi connectivity index (χ2n) is 5.50. The van der Waals surface area contributed by atoms with Crippen molar-refractivity contribution in [1.82, 2.24) is 10.6 Å². The Balaban J connectivity index is 3.75. The van der Waals surface area contributed by atoms with Crippen LogP contribution in [0.3, 0.4) is 0 Å². The van der Waals surface area contributed by atoms with Crippen LogP contribution in [-0.4, -0.2) is 30.9 Å². The zero-order valence-electron chi connectivity index (χ0n) is 14.2. The molecule has 128 valence electrons. The van der Waals surface area contributed by atoms with Gasteiger partial charge in [0.15, 0.2) is 0 Å². The first-order valence-electron chi connectivity index (χ1n) is 8.60. The molecule has 0 fully saturated rings. The minimum Gasteiger partial charge on any atom is -0.355 e. The van der Waals surface area contributed by atoms with Gasteiger partial charge in [-0.25, -0.2) is 0 Å². The van der Waals surface area contributed by atoms with Crippen LogP contribution in [0, 0.1) is 0 Å². The molecule has 22 heavy (non-hydrogen) atoms. The highest BCUT2D eigenvalue weighted by molar-refractivity contribution is 5.92. The van der Waals surface area contributed by atoms with Crippen LogP contribution in [0.4, 0.5) is 0 Å². The van der Waals surface area contributed by atoms with Crippen LogP contribution >= 0.6 is 0 Å². The van der Waals surface area contributed by atoms with Gasteiger partial charge in [0.05, 0.1) is 0 Å². The van der Waals surface area contributed by atoms with Crippen LogP contribution in [0.25, 0.3) is 0 Å². The number of carbonyl (C=O) groups is 2. The van der Waals surface area contributed by atoms with Crippen molar-refractivity contribution in [3.05, 3.63) is 12.2 Å². The van der Waals surface area contributed by atoms with Crippen molar-refractivity contribution in [1.29, 1.82) is 0 Å². The van der Waals surface area contributed by atoms with Crippen LogP contribution in [-0.2, 0) is 9.59 Å². The van der Waals surface area contributed by atoms with Gasteiger partial charge >= 0.3 is 0 Å². The van der Waals surface area contributed by atoms with Crippen molar-refractivity contribution in [2.75, 3.05) is 13.1 Å². The van der Waals surface area contributed by atoms with E-state index < -0.39 is 6.04 Å². The summed E-state index contributed by atoms with van der Waals surface area (Å²) in [6.07, 6.45) is 13.1. The zero-order valence-corrected chi connectivity index (χ0v) is 14.2. The Bertz CT molecular complexity index is 330. The molecular weight excluding hydrogens is 278 g/mol. The first-order chi connectivity index (χ1) is 10.7. The second-order valence-corrected chi connectivity index (χ2v) is 5.50. The highest BCUT2D eigenvalue weighted by atomic mass is 16.2. The Morgan fingerprint density at radius 1 is 1.05 bits per heavy atom. The number of hydrogen-bond acceptors (Lipinski definition) is 3. The van der Waals surface area contributed by atoms with Crippen LogP contribution in [0.2, 0.25) is 0 Å². The monoisotopic (exact) mass is 311 g/mol. The van der Waals surface area contributed by atoms with Crippen molar-refractivity contribution >= 4 is 11.8 Å². The summed E-state index contributed by atoms with van der Waals surface area (Å²) in [5.41, 5.74) is 5.50. The van der Waals surface area contributed by atoms with E-state index in [0.29, 0.717) is 6.54 Å². The van der Waals surface area contributed by atoms with Crippen molar-refractivity contribution in [2.24, 2.45) is 5.73 Å². The van der Waals surface area contributed by atoms with E-state index in [1.807, 2.05) is 13.0 Å². The fourth-order valence-electron chi connectivity index (χ4n) is 2.16. The lowest BCUT2D eigenvalue weighted by Gasteiger charge is -2.14. The third kappa shape index (κ3) is 11.3. The number of hydrogen-bond donors (Lipinski definition) is 3. The lowest BCUT2D eigenvalue weighted by Crippen LogP contribution is -2.50. The molecule has 4 N–H and O–H groups in total. The van der Waals surface area contributed by atoms with Gasteiger partial charge in [0.1, 0.15) is 6.04 Å². The molecule has 0 heterocycles. The lowest BCUT2D eigenvalue weighted by molar-refractivity contribution is -0.126. The number of nitrogens with two attached hydrogens (primary N) is 1. The zero-order chi connectivity index (χ0) is 16.6. The van der Waals surface area contributed by atoms with E-state index in [0.717, 1.165) is 12.8 Å². The predicted octanol–water partition coefficient (Wildman–Crippen LogP) is 2.26. The highest BCUT2D eigenvalue weighted by Gasteiger charge is 2.16. The summed E-state index contributed by atoms with van der Waals surface area (Å²) in [6, 6.07) is -0.657. The predicted molar refractivity (Wildman–Crippen MR) is 91.4 cm³/mol. The summed E-state index contributed by atoms with van der Waals surface area (Å²) in [6.45, 7) is 4.68. The molecule has 2 amide bonds. The van der Waals surface area contributed by atoms with Gasteiger partial charge in [-0.3, -0.25) is 9.59 Å². The van der Waals surface area contributed by atoms with E-state index >= 15 is 0 Å². The Labute approximate surface area is 135 Å². The summed E-state index contributed by atoms with van der Waals surface area (Å²) in [7, 11) is 0. The Hall–Kier alpha value is -1.36. The third-order valence-corrected chi connectivity index (χ3v) is 3.46. The molecule has 0 aromatic carbocycles. The quantitative estimate of drug-likeness (QED) is 0.360. The molecule has 0 radical (unpaired) electrons. The first-order valence-corrected chi connectivity index (χ1v) is 8.60. The number of unbranched alkanes of at least 4 members (excludes halogenated alkanes) is 7. The molecule has 0 saturated heterocycles. The van der Waals surface area contributed by atoms with Gasteiger partial charge < -0.3 is 16.4 Å². The molecule has 0 aromatic heterocycles. The number of carbonyl (C=O) groups excluding carboxylic acids is 2. The maximum absolute atomic E-state index is 11.7. The summed E-state index contributed by atoms with van der Waals surface area (Å²) in [4.78, 5) is 23.3. The first kappa shape index (κ1) is 20.6. The summed E-state index contributed by atoms with van der Waals surface area (Å²) in [5.74, 6) is -0.497. The second kappa shape index (κ2) is 14.6. The standard InChI is InChI=1S/C17H33N3O2/c1-3-5-6-7-8-9-10-11-12-13-16(21)20-15(14-18)17(22)19-4-2/h12-13,15H,3-11,14,18H2,1-2H3,(H,19,22)(H,20,21). The molecule has 0 rings (SSSR count). The normalized spacial score (nSPS) is 12.3. The molecule has 0 aliphatic carbocycles. The van der Waals surface area contributed by atoms with Crippen LogP contribution in [0.5, 0.6) is 0 Å². The molecule has 0 aliphatic rings. The van der Waals surface area contributed by atoms with E-state index in [9.17, 15) is 9.59 Å². The van der Waals surface area contributed by atoms with Crippen LogP contribution in [0.1, 0.15) is 65.2 Å². The Kier molecular flexibility index (Phi) is 13.7. The average molecular weight is 311 g/mol. The number of allylic oxidation sites excluding steroid dienone is 1. The minimum atomic E-state index is -0.657. The van der Waals surface area contributed by atoms with Crippen molar-refractivity contribution in [3.8, 4) is 0 Å². The molecule has 0 aromatic rings. The van der Waals surface area contributed by atoms with Gasteiger partial charge in [-0.15, -0.1) is 0 Å². The van der Waals surface area contributed by atoms with Crippen molar-refractivity contribution in [2.45, 2.75) is 71.3 Å². The van der Waals surface area contributed by atoms with Gasteiger partial charge in [0, 0.05) is 13.1 Å². The molecule has 0 spiro atoms. The smallest absolute Gasteiger partial charge is 0.244 e. The number of nitrogens with one attached hydrogen (secondary N) is 2. The van der Waals surface area contributed by atoms with E-state index in [4.69, 9.17) is 5.73 Å². The largest absolute Gasteiger partial charge is 0.355 e. The Morgan fingerprint density at radius 3 is 2.27 bits per heavy atom. The fraction of sp³-hybridized carbons (Fsp3) is 0.765. The van der Waals surface area contributed by atoms with Crippen LogP contribution in [0.15, 0.2) is 12.2 Å². The summed E-state index contributed by atoms with van der Waals surface area (Å²) in [5, 5.41) is 5.26. The maximum atomic E-state index is 11.7. The van der Waals surface area contributed by atoms with Gasteiger partial charge in [0.2, 0.25) is 11.8 Å². The number of likely N-dealkylation sites (N-methyl/N-ethyl adjacent to an activating group) is 1. The molecule has 0 bridgehead atoms. The van der Waals surface area contributed by atoms with Gasteiger partial charge in [-0.1, -0.05) is 51.5 Å². The van der Waals surface area contributed by atoms with E-state index in [2.05, 4.69) is 17.6 Å². The van der Waals surface area contributed by atoms with E-state index in [1.54, 1.807) is 0 Å². The van der Waals surface area contributed by atoms with Gasteiger partial charge in [-0.05, 0) is 25.8 Å². The van der Waals surface area contributed by atoms with Crippen molar-refractivity contribution < 1.29 is 9.59 Å². The highest BCUT2D eigenvalue weighted by Crippen LogP contribution is 2.08. The third-order valence-electron chi connectivity index (χ3n) is 3.46. The Morgan fingerprint density at radius 2 is 1.68 bits per heavy atom. The SMILES string of the molecule is CCCCCCCCCC=CC(=O)NC(CN)C(=O)NCC. The minimum absolute atomic E-state index is 0.100. The topological polar surface area (TPSA) is 84.2 Å². The summed E-state index contributed by atoms with van der Waals surface area (Å²) < 4.78 is 0. The molecule has 0 aliphatic heterocycles. The number of amides is 2. The molecular formula is C17H33N3O2. The summed E-state index contributed by atoms with van der Waals surface area (Å²) >= 11 is 0. The average Bonchev–Trinajstić information content (AvgIpc) is 2.51. The van der Waals surface area contributed by atoms with E-state index in [-0.39, 0.29) is 18.4 Å². The number of rotatable bonds is 13. The molecule has 5 nitrogen and oxygen atoms in total. The van der Waals surface area contributed by atoms with Gasteiger partial charge in [0.25, 0.3) is 0 Å². The van der Waals surface area contributed by atoms with Crippen molar-refractivity contribution in [3.63, 3.8) is 0 Å². The lowest BCUT2D eigenvalue weighted by atomic mass is 10.1. The fourth-order valence-corrected chi connectivity index (χ4v) is 2.16. The molecule has 0 saturated carbocycles. The molecule has 5 heteroatoms.